The van der Waals surface area contributed by atoms with Crippen LogP contribution in [0, 0.1) is 19.8 Å². The van der Waals surface area contributed by atoms with Gasteiger partial charge in [-0.25, -0.2) is 13.1 Å². The Bertz CT molecular complexity index is 956. The molecule has 0 N–H and O–H groups in total. The average molecular weight is 406 g/mol. The van der Waals surface area contributed by atoms with Crippen molar-refractivity contribution in [3.63, 3.8) is 0 Å². The summed E-state index contributed by atoms with van der Waals surface area (Å²) in [7, 11) is -2.08. The molecule has 7 nitrogen and oxygen atoms in total. The van der Waals surface area contributed by atoms with Crippen molar-refractivity contribution in [2.24, 2.45) is 5.92 Å². The molecule has 0 radical (unpaired) electrons. The van der Waals surface area contributed by atoms with E-state index in [4.69, 9.17) is 4.74 Å². The molecule has 1 aliphatic rings. The number of sulfonamides is 1. The lowest BCUT2D eigenvalue weighted by Crippen LogP contribution is -2.38. The molecule has 0 aliphatic carbocycles. The molecule has 0 saturated carbocycles. The number of carbonyl (C=O) groups is 1. The fourth-order valence-corrected chi connectivity index (χ4v) is 5.42. The Morgan fingerprint density at radius 3 is 2.36 bits per heavy atom. The maximum atomic E-state index is 13.1. The predicted octanol–water partition coefficient (Wildman–Crippen LogP) is 2.81. The van der Waals surface area contributed by atoms with Gasteiger partial charge in [0.1, 0.15) is 10.6 Å². The van der Waals surface area contributed by atoms with Crippen molar-refractivity contribution >= 4 is 15.9 Å². The van der Waals surface area contributed by atoms with Gasteiger partial charge in [-0.1, -0.05) is 19.1 Å². The summed E-state index contributed by atoms with van der Waals surface area (Å²) in [5, 5.41) is 4.25. The van der Waals surface area contributed by atoms with E-state index in [1.165, 1.54) is 8.99 Å². The number of carbonyl (C=O) groups excluding carboxylic acids is 1. The van der Waals surface area contributed by atoms with Crippen LogP contribution in [0.3, 0.4) is 0 Å². The maximum Gasteiger partial charge on any atom is 0.251 e. The van der Waals surface area contributed by atoms with Gasteiger partial charge in [-0.3, -0.25) is 4.79 Å². The molecular weight excluding hydrogens is 378 g/mol. The Hall–Kier alpha value is -2.19. The molecule has 0 unspecified atom stereocenters. The van der Waals surface area contributed by atoms with Crippen molar-refractivity contribution in [3.05, 3.63) is 41.2 Å². The number of aromatic nitrogens is 2. The standard InChI is InChI=1S/C20H27N3O4S/c1-14-9-11-22(12-10-14)28(25,26)20-15(2)21-23(16(20)3)19(24)13-17-5-7-18(27-4)8-6-17/h5-8,14H,9-13H2,1-4H3. The van der Waals surface area contributed by atoms with Gasteiger partial charge < -0.3 is 4.74 Å². The Labute approximate surface area is 166 Å². The number of aryl methyl sites for hydroxylation is 1. The summed E-state index contributed by atoms with van der Waals surface area (Å²) in [6, 6.07) is 7.21. The Kier molecular flexibility index (Phi) is 5.90. The molecule has 3 rings (SSSR count). The second-order valence-corrected chi connectivity index (χ2v) is 9.29. The van der Waals surface area contributed by atoms with E-state index in [0.717, 1.165) is 18.4 Å². The van der Waals surface area contributed by atoms with E-state index in [-0.39, 0.29) is 17.2 Å². The number of nitrogens with zero attached hydrogens (tertiary/aromatic N) is 3. The molecule has 2 aromatic rings. The molecule has 0 amide bonds. The number of ether oxygens (including phenoxy) is 1. The number of methoxy groups -OCH3 is 1. The highest BCUT2D eigenvalue weighted by Crippen LogP contribution is 2.27. The zero-order valence-corrected chi connectivity index (χ0v) is 17.6. The number of rotatable bonds is 5. The van der Waals surface area contributed by atoms with Crippen LogP contribution in [0.15, 0.2) is 29.2 Å². The lowest BCUT2D eigenvalue weighted by Gasteiger charge is -2.29. The normalized spacial score (nSPS) is 16.3. The molecule has 152 valence electrons. The highest BCUT2D eigenvalue weighted by Gasteiger charge is 2.33. The van der Waals surface area contributed by atoms with Crippen LogP contribution in [-0.4, -0.2) is 48.6 Å². The van der Waals surface area contributed by atoms with Crippen molar-refractivity contribution in [1.82, 2.24) is 14.1 Å². The van der Waals surface area contributed by atoms with Crippen LogP contribution >= 0.6 is 0 Å². The van der Waals surface area contributed by atoms with E-state index in [9.17, 15) is 13.2 Å². The fraction of sp³-hybridized carbons (Fsp3) is 0.500. The quantitative estimate of drug-likeness (QED) is 0.764. The summed E-state index contributed by atoms with van der Waals surface area (Å²) in [5.74, 6) is 0.980. The van der Waals surface area contributed by atoms with Crippen molar-refractivity contribution < 1.29 is 17.9 Å². The number of hydrogen-bond donors (Lipinski definition) is 0. The van der Waals surface area contributed by atoms with Gasteiger partial charge in [0.05, 0.1) is 24.9 Å². The first-order valence-corrected chi connectivity index (χ1v) is 10.9. The number of benzene rings is 1. The van der Waals surface area contributed by atoms with E-state index in [1.54, 1.807) is 33.1 Å². The molecule has 0 spiro atoms. The minimum Gasteiger partial charge on any atom is -0.497 e. The SMILES string of the molecule is COc1ccc(CC(=O)n2nc(C)c(S(=O)(=O)N3CCC(C)CC3)c2C)cc1. The summed E-state index contributed by atoms with van der Waals surface area (Å²) in [4.78, 5) is 12.9. The van der Waals surface area contributed by atoms with E-state index in [0.29, 0.717) is 36.1 Å². The van der Waals surface area contributed by atoms with Gasteiger partial charge in [-0.15, -0.1) is 0 Å². The monoisotopic (exact) mass is 405 g/mol. The molecule has 0 bridgehead atoms. The van der Waals surface area contributed by atoms with Crippen LogP contribution < -0.4 is 4.74 Å². The van der Waals surface area contributed by atoms with Gasteiger partial charge in [0, 0.05) is 13.1 Å². The maximum absolute atomic E-state index is 13.1. The molecule has 1 aromatic heterocycles. The van der Waals surface area contributed by atoms with Crippen LogP contribution in [0.2, 0.25) is 0 Å². The summed E-state index contributed by atoms with van der Waals surface area (Å²) in [5.41, 5.74) is 1.54. The van der Waals surface area contributed by atoms with Gasteiger partial charge >= 0.3 is 0 Å². The zero-order chi connectivity index (χ0) is 20.5. The van der Waals surface area contributed by atoms with Crippen molar-refractivity contribution in [1.29, 1.82) is 0 Å². The molecule has 28 heavy (non-hydrogen) atoms. The molecule has 1 aliphatic heterocycles. The third-order valence-corrected chi connectivity index (χ3v) is 7.47. The van der Waals surface area contributed by atoms with Gasteiger partial charge in [0.2, 0.25) is 10.0 Å². The lowest BCUT2D eigenvalue weighted by molar-refractivity contribution is 0.0895. The largest absolute Gasteiger partial charge is 0.497 e. The summed E-state index contributed by atoms with van der Waals surface area (Å²) < 4.78 is 34.2. The number of hydrogen-bond acceptors (Lipinski definition) is 5. The van der Waals surface area contributed by atoms with Gasteiger partial charge in [-0.2, -0.15) is 9.40 Å². The molecule has 0 atom stereocenters. The minimum atomic E-state index is -3.66. The van der Waals surface area contributed by atoms with E-state index >= 15 is 0 Å². The Balaban J connectivity index is 1.85. The molecule has 1 fully saturated rings. The van der Waals surface area contributed by atoms with Crippen LogP contribution in [0.1, 0.15) is 41.5 Å². The highest BCUT2D eigenvalue weighted by atomic mass is 32.2. The molecule has 8 heteroatoms. The smallest absolute Gasteiger partial charge is 0.251 e. The third kappa shape index (κ3) is 3.98. The Morgan fingerprint density at radius 1 is 1.18 bits per heavy atom. The molecule has 1 aromatic carbocycles. The van der Waals surface area contributed by atoms with Crippen LogP contribution in [-0.2, 0) is 16.4 Å². The van der Waals surface area contributed by atoms with Crippen molar-refractivity contribution in [2.75, 3.05) is 20.2 Å². The highest BCUT2D eigenvalue weighted by molar-refractivity contribution is 7.89. The molecule has 2 heterocycles. The van der Waals surface area contributed by atoms with Gasteiger partial charge in [0.25, 0.3) is 5.91 Å². The molecule has 1 saturated heterocycles. The van der Waals surface area contributed by atoms with Gasteiger partial charge in [-0.05, 0) is 50.3 Å². The van der Waals surface area contributed by atoms with Crippen molar-refractivity contribution in [3.8, 4) is 5.75 Å². The lowest BCUT2D eigenvalue weighted by atomic mass is 10.0. The Morgan fingerprint density at radius 2 is 1.79 bits per heavy atom. The van der Waals surface area contributed by atoms with Crippen molar-refractivity contribution in [2.45, 2.75) is 44.9 Å². The van der Waals surface area contributed by atoms with E-state index in [2.05, 4.69) is 12.0 Å². The topological polar surface area (TPSA) is 81.5 Å². The van der Waals surface area contributed by atoms with Crippen LogP contribution in [0.5, 0.6) is 5.75 Å². The third-order valence-electron chi connectivity index (χ3n) is 5.32. The molecular formula is C20H27N3O4S. The van der Waals surface area contributed by atoms with E-state index < -0.39 is 10.0 Å². The zero-order valence-electron chi connectivity index (χ0n) is 16.8. The second-order valence-electron chi connectivity index (χ2n) is 7.42. The predicted molar refractivity (Wildman–Crippen MR) is 106 cm³/mol. The van der Waals surface area contributed by atoms with Crippen LogP contribution in [0.25, 0.3) is 0 Å². The van der Waals surface area contributed by atoms with E-state index in [1.807, 2.05) is 12.1 Å². The first-order valence-electron chi connectivity index (χ1n) is 9.46. The van der Waals surface area contributed by atoms with Gasteiger partial charge in [0.15, 0.2) is 0 Å². The summed E-state index contributed by atoms with van der Waals surface area (Å²) >= 11 is 0. The second kappa shape index (κ2) is 8.05. The summed E-state index contributed by atoms with van der Waals surface area (Å²) in [6.07, 6.45) is 1.83. The number of piperidine rings is 1. The van der Waals surface area contributed by atoms with Crippen LogP contribution in [0.4, 0.5) is 0 Å². The summed E-state index contributed by atoms with van der Waals surface area (Å²) in [6.45, 7) is 6.44. The average Bonchev–Trinajstić information content (AvgIpc) is 2.97. The first-order chi connectivity index (χ1) is 13.2. The minimum absolute atomic E-state index is 0.132. The first kappa shape index (κ1) is 20.5. The fourth-order valence-electron chi connectivity index (χ4n) is 3.59.